The van der Waals surface area contributed by atoms with E-state index in [0.717, 1.165) is 33.3 Å². The largest absolute Gasteiger partial charge is 0.409 e. The van der Waals surface area contributed by atoms with Crippen LogP contribution in [0.15, 0.2) is 84.2 Å². The van der Waals surface area contributed by atoms with Crippen LogP contribution in [0.4, 0.5) is 0 Å². The number of carbonyl (C=O) groups is 1. The van der Waals surface area contributed by atoms with Crippen molar-refractivity contribution in [3.8, 4) is 33.4 Å². The number of nitrogens with zero attached hydrogens (tertiary/aromatic N) is 3. The monoisotopic (exact) mass is 397 g/mol. The fourth-order valence-corrected chi connectivity index (χ4v) is 4.05. The van der Waals surface area contributed by atoms with E-state index in [1.807, 2.05) is 42.5 Å². The maximum Gasteiger partial charge on any atom is 0.299 e. The number of thiazole rings is 1. The Bertz CT molecular complexity index is 1310. The van der Waals surface area contributed by atoms with Gasteiger partial charge in [0, 0.05) is 10.9 Å². The van der Waals surface area contributed by atoms with Crippen molar-refractivity contribution >= 4 is 28.7 Å². The molecule has 0 N–H and O–H groups in total. The molecular formula is C23H15N3O2S. The second-order valence-corrected chi connectivity index (χ2v) is 7.24. The summed E-state index contributed by atoms with van der Waals surface area (Å²) in [5.41, 5.74) is 5.15. The first kappa shape index (κ1) is 17.3. The summed E-state index contributed by atoms with van der Waals surface area (Å²) >= 11 is 1.37. The van der Waals surface area contributed by atoms with Gasteiger partial charge < -0.3 is 4.74 Å². The summed E-state index contributed by atoms with van der Waals surface area (Å²) in [7, 11) is 0. The average Bonchev–Trinajstić information content (AvgIpc) is 3.39. The van der Waals surface area contributed by atoms with Crippen LogP contribution in [-0.4, -0.2) is 21.2 Å². The Morgan fingerprint density at radius 3 is 2.48 bits per heavy atom. The van der Waals surface area contributed by atoms with Gasteiger partial charge in [-0.15, -0.1) is 0 Å². The zero-order chi connectivity index (χ0) is 19.6. The Kier molecular flexibility index (Phi) is 4.38. The molecule has 0 saturated carbocycles. The molecule has 0 spiro atoms. The molecule has 0 fully saturated rings. The van der Waals surface area contributed by atoms with Gasteiger partial charge in [0.2, 0.25) is 11.0 Å². The Labute approximate surface area is 170 Å². The third-order valence-electron chi connectivity index (χ3n) is 4.65. The summed E-state index contributed by atoms with van der Waals surface area (Å²) in [6.07, 6.45) is 0. The van der Waals surface area contributed by atoms with Crippen molar-refractivity contribution in [2.24, 2.45) is 0 Å². The first-order valence-electron chi connectivity index (χ1n) is 9.03. The van der Waals surface area contributed by atoms with Gasteiger partial charge in [0.1, 0.15) is 5.69 Å². The van der Waals surface area contributed by atoms with Gasteiger partial charge in [-0.2, -0.15) is 10.1 Å². The zero-order valence-electron chi connectivity index (χ0n) is 15.2. The minimum Gasteiger partial charge on any atom is -0.409 e. The molecule has 0 aliphatic heterocycles. The molecule has 2 heterocycles. The van der Waals surface area contributed by atoms with Gasteiger partial charge in [0.05, 0.1) is 10.9 Å². The van der Waals surface area contributed by atoms with Crippen LogP contribution < -0.4 is 4.74 Å². The van der Waals surface area contributed by atoms with Crippen LogP contribution in [0.25, 0.3) is 38.4 Å². The van der Waals surface area contributed by atoms with E-state index in [1.54, 1.807) is 10.1 Å². The lowest BCUT2D eigenvalue weighted by molar-refractivity contribution is -0.120. The number of fused-ring (bicyclic) bond motifs is 1. The van der Waals surface area contributed by atoms with E-state index in [1.165, 1.54) is 11.3 Å². The Balaban J connectivity index is 1.66. The predicted octanol–water partition coefficient (Wildman–Crippen LogP) is 5.35. The van der Waals surface area contributed by atoms with E-state index < -0.39 is 0 Å². The average molecular weight is 397 g/mol. The molecule has 5 aromatic rings. The van der Waals surface area contributed by atoms with E-state index >= 15 is 0 Å². The lowest BCUT2D eigenvalue weighted by atomic mass is 10.0. The van der Waals surface area contributed by atoms with Crippen molar-refractivity contribution in [2.75, 3.05) is 0 Å². The molecule has 5 nitrogen and oxygen atoms in total. The molecule has 0 unspecified atom stereocenters. The van der Waals surface area contributed by atoms with Crippen molar-refractivity contribution < 1.29 is 9.53 Å². The Morgan fingerprint density at radius 2 is 1.62 bits per heavy atom. The maximum atomic E-state index is 10.6. The van der Waals surface area contributed by atoms with Crippen LogP contribution in [0.5, 0.6) is 5.88 Å². The highest BCUT2D eigenvalue weighted by Crippen LogP contribution is 2.33. The summed E-state index contributed by atoms with van der Waals surface area (Å²) < 4.78 is 6.65. The van der Waals surface area contributed by atoms with E-state index in [9.17, 15) is 4.79 Å². The molecule has 0 atom stereocenters. The second-order valence-electron chi connectivity index (χ2n) is 6.41. The number of para-hydroxylation sites is 1. The predicted molar refractivity (Wildman–Crippen MR) is 114 cm³/mol. The lowest BCUT2D eigenvalue weighted by Crippen LogP contribution is -1.96. The van der Waals surface area contributed by atoms with Crippen LogP contribution >= 0.6 is 11.3 Å². The number of rotatable bonds is 5. The molecule has 0 saturated heterocycles. The molecule has 0 aliphatic rings. The molecule has 2 aromatic heterocycles. The highest BCUT2D eigenvalue weighted by molar-refractivity contribution is 7.12. The Morgan fingerprint density at radius 1 is 0.862 bits per heavy atom. The van der Waals surface area contributed by atoms with Crippen LogP contribution in [0.3, 0.4) is 0 Å². The molecule has 29 heavy (non-hydrogen) atoms. The summed E-state index contributed by atoms with van der Waals surface area (Å²) in [5.74, 6) is 0.271. The molecule has 6 heteroatoms. The molecule has 0 amide bonds. The summed E-state index contributed by atoms with van der Waals surface area (Å²) in [6.45, 7) is 0.376. The number of benzene rings is 3. The van der Waals surface area contributed by atoms with Gasteiger partial charge in [-0.1, -0.05) is 78.1 Å². The summed E-state index contributed by atoms with van der Waals surface area (Å²) in [5, 5.41) is 8.22. The molecule has 0 radical (unpaired) electrons. The number of ether oxygens (including phenoxy) is 1. The van der Waals surface area contributed by atoms with Crippen molar-refractivity contribution in [3.63, 3.8) is 0 Å². The van der Waals surface area contributed by atoms with E-state index in [0.29, 0.717) is 11.6 Å². The van der Waals surface area contributed by atoms with Gasteiger partial charge in [-0.3, -0.25) is 4.79 Å². The van der Waals surface area contributed by atoms with Gasteiger partial charge in [0.15, 0.2) is 0 Å². The highest BCUT2D eigenvalue weighted by Gasteiger charge is 2.16. The standard InChI is InChI=1S/C23H15N3O2S/c27-15-28-21-14-29-23(24-21)26-20-12-5-4-11-19(20)22(25-26)18-10-6-9-17(13-18)16-7-2-1-3-8-16/h1-15H. The first-order chi connectivity index (χ1) is 14.3. The number of carbonyl (C=O) groups excluding carboxylic acids is 1. The van der Waals surface area contributed by atoms with Crippen LogP contribution in [0, 0.1) is 0 Å². The van der Waals surface area contributed by atoms with Crippen molar-refractivity contribution in [2.45, 2.75) is 0 Å². The molecular weight excluding hydrogens is 382 g/mol. The van der Waals surface area contributed by atoms with Gasteiger partial charge in [-0.05, 0) is 23.3 Å². The maximum absolute atomic E-state index is 10.6. The minimum atomic E-state index is 0.271. The van der Waals surface area contributed by atoms with Crippen molar-refractivity contribution in [1.82, 2.24) is 14.8 Å². The van der Waals surface area contributed by atoms with Crippen LogP contribution in [-0.2, 0) is 4.79 Å². The third kappa shape index (κ3) is 3.19. The highest BCUT2D eigenvalue weighted by atomic mass is 32.1. The number of hydrogen-bond acceptors (Lipinski definition) is 5. The minimum absolute atomic E-state index is 0.271. The van der Waals surface area contributed by atoms with E-state index in [-0.39, 0.29) is 5.88 Å². The fourth-order valence-electron chi connectivity index (χ4n) is 3.35. The summed E-state index contributed by atoms with van der Waals surface area (Å²) in [4.78, 5) is 14.9. The van der Waals surface area contributed by atoms with E-state index in [4.69, 9.17) is 9.84 Å². The third-order valence-corrected chi connectivity index (χ3v) is 5.45. The number of aromatic nitrogens is 3. The van der Waals surface area contributed by atoms with Gasteiger partial charge >= 0.3 is 0 Å². The quantitative estimate of drug-likeness (QED) is 0.375. The smallest absolute Gasteiger partial charge is 0.299 e. The Hall–Kier alpha value is -3.77. The zero-order valence-corrected chi connectivity index (χ0v) is 16.0. The normalized spacial score (nSPS) is 10.9. The van der Waals surface area contributed by atoms with Gasteiger partial charge in [-0.25, -0.2) is 4.68 Å². The second kappa shape index (κ2) is 7.33. The lowest BCUT2D eigenvalue weighted by Gasteiger charge is -2.04. The van der Waals surface area contributed by atoms with E-state index in [2.05, 4.69) is 41.4 Å². The molecule has 3 aromatic carbocycles. The SMILES string of the molecule is O=COc1csc(-n2nc(-c3cccc(-c4ccccc4)c3)c3ccccc32)n1. The number of hydrogen-bond donors (Lipinski definition) is 0. The first-order valence-corrected chi connectivity index (χ1v) is 9.91. The summed E-state index contributed by atoms with van der Waals surface area (Å²) in [6, 6.07) is 26.7. The van der Waals surface area contributed by atoms with Gasteiger partial charge in [0.25, 0.3) is 6.47 Å². The van der Waals surface area contributed by atoms with Crippen molar-refractivity contribution in [3.05, 3.63) is 84.2 Å². The molecule has 140 valence electrons. The topological polar surface area (TPSA) is 57.0 Å². The fraction of sp³-hybridized carbons (Fsp3) is 0. The molecule has 0 bridgehead atoms. The van der Waals surface area contributed by atoms with Crippen LogP contribution in [0.2, 0.25) is 0 Å². The molecule has 5 rings (SSSR count). The molecule has 0 aliphatic carbocycles. The van der Waals surface area contributed by atoms with Crippen LogP contribution in [0.1, 0.15) is 0 Å². The van der Waals surface area contributed by atoms with Crippen molar-refractivity contribution in [1.29, 1.82) is 0 Å².